The van der Waals surface area contributed by atoms with E-state index in [4.69, 9.17) is 10.5 Å². The number of para-hydroxylation sites is 1. The summed E-state index contributed by atoms with van der Waals surface area (Å²) < 4.78 is 4.95. The number of nitrogen functional groups attached to an aromatic ring is 1. The first-order valence-electron chi connectivity index (χ1n) is 7.78. The highest BCUT2D eigenvalue weighted by Crippen LogP contribution is 2.27. The fraction of sp³-hybridized carbons (Fsp3) is 0.222. The Morgan fingerprint density at radius 2 is 1.81 bits per heavy atom. The predicted molar refractivity (Wildman–Crippen MR) is 97.1 cm³/mol. The number of esters is 1. The van der Waals surface area contributed by atoms with Gasteiger partial charge in [-0.05, 0) is 49.6 Å². The second-order valence-corrected chi connectivity index (χ2v) is 5.87. The average molecular weight is 357 g/mol. The molecule has 3 N–H and O–H groups in total. The van der Waals surface area contributed by atoms with Crippen molar-refractivity contribution in [3.8, 4) is 0 Å². The smallest absolute Gasteiger partial charge is 0.340 e. The van der Waals surface area contributed by atoms with Crippen LogP contribution in [-0.2, 0) is 9.53 Å². The summed E-state index contributed by atoms with van der Waals surface area (Å²) in [5.41, 5.74) is 8.32. The van der Waals surface area contributed by atoms with Gasteiger partial charge in [-0.15, -0.1) is 0 Å². The number of anilines is 2. The summed E-state index contributed by atoms with van der Waals surface area (Å²) in [6.45, 7) is 4.67. The highest BCUT2D eigenvalue weighted by Gasteiger charge is 2.19. The molecule has 2 rings (SSSR count). The predicted octanol–water partition coefficient (Wildman–Crippen LogP) is 2.90. The molecule has 1 amide bonds. The lowest BCUT2D eigenvalue weighted by atomic mass is 10.1. The molecule has 0 radical (unpaired) electrons. The van der Waals surface area contributed by atoms with Crippen LogP contribution in [0.5, 0.6) is 0 Å². The van der Waals surface area contributed by atoms with Crippen LogP contribution in [-0.4, -0.2) is 23.4 Å². The molecule has 0 atom stereocenters. The lowest BCUT2D eigenvalue weighted by molar-refractivity contribution is -0.384. The van der Waals surface area contributed by atoms with Crippen LogP contribution in [0.4, 0.5) is 17.1 Å². The van der Waals surface area contributed by atoms with E-state index in [1.807, 2.05) is 0 Å². The third-order valence-electron chi connectivity index (χ3n) is 3.96. The van der Waals surface area contributed by atoms with Gasteiger partial charge >= 0.3 is 5.97 Å². The zero-order valence-electron chi connectivity index (χ0n) is 14.7. The molecule has 0 aliphatic carbocycles. The van der Waals surface area contributed by atoms with Crippen LogP contribution in [0.25, 0.3) is 0 Å². The van der Waals surface area contributed by atoms with Crippen molar-refractivity contribution in [1.82, 2.24) is 0 Å². The number of nitrogens with one attached hydrogen (secondary N) is 1. The third-order valence-corrected chi connectivity index (χ3v) is 3.96. The van der Waals surface area contributed by atoms with Crippen molar-refractivity contribution >= 4 is 28.9 Å². The Kier molecular flexibility index (Phi) is 5.56. The Bertz CT molecular complexity index is 893. The molecule has 0 unspecified atom stereocenters. The molecule has 0 saturated heterocycles. The van der Waals surface area contributed by atoms with Crippen molar-refractivity contribution < 1.29 is 19.2 Å². The lowest BCUT2D eigenvalue weighted by Crippen LogP contribution is -2.22. The molecule has 0 saturated carbocycles. The van der Waals surface area contributed by atoms with Gasteiger partial charge in [0.1, 0.15) is 5.69 Å². The zero-order chi connectivity index (χ0) is 19.4. The minimum absolute atomic E-state index is 0.0502. The van der Waals surface area contributed by atoms with E-state index >= 15 is 0 Å². The van der Waals surface area contributed by atoms with E-state index in [1.54, 1.807) is 32.9 Å². The van der Waals surface area contributed by atoms with Crippen molar-refractivity contribution in [2.75, 3.05) is 17.7 Å². The van der Waals surface area contributed by atoms with Gasteiger partial charge in [-0.2, -0.15) is 0 Å². The topological polar surface area (TPSA) is 125 Å². The number of amides is 1. The molecular weight excluding hydrogens is 338 g/mol. The van der Waals surface area contributed by atoms with Gasteiger partial charge in [0.2, 0.25) is 0 Å². The monoisotopic (exact) mass is 357 g/mol. The van der Waals surface area contributed by atoms with Gasteiger partial charge in [-0.25, -0.2) is 4.79 Å². The fourth-order valence-corrected chi connectivity index (χ4v) is 2.31. The highest BCUT2D eigenvalue weighted by molar-refractivity contribution is 5.99. The first-order valence-corrected chi connectivity index (χ1v) is 7.78. The summed E-state index contributed by atoms with van der Waals surface area (Å²) in [5, 5.41) is 13.5. The minimum atomic E-state index is -0.740. The van der Waals surface area contributed by atoms with Gasteiger partial charge in [-0.3, -0.25) is 14.9 Å². The number of hydrogen-bond donors (Lipinski definition) is 2. The van der Waals surface area contributed by atoms with Crippen LogP contribution in [0.1, 0.15) is 27.0 Å². The molecular formula is C18H19N3O5. The van der Waals surface area contributed by atoms with Gasteiger partial charge < -0.3 is 15.8 Å². The largest absolute Gasteiger partial charge is 0.452 e. The van der Waals surface area contributed by atoms with Crippen LogP contribution >= 0.6 is 0 Å². The first kappa shape index (κ1) is 18.9. The maximum atomic E-state index is 12.1. The molecule has 0 aliphatic heterocycles. The summed E-state index contributed by atoms with van der Waals surface area (Å²) in [6.07, 6.45) is 0. The normalized spacial score (nSPS) is 10.3. The number of nitrogens with zero attached hydrogens (tertiary/aromatic N) is 1. The SMILES string of the molecule is Cc1cc(NC(=O)COC(=O)c2cccc(C)c2N)c([N+](=O)[O-])cc1C. The Labute approximate surface area is 150 Å². The number of carbonyl (C=O) groups excluding carboxylic acids is 2. The maximum Gasteiger partial charge on any atom is 0.340 e. The van der Waals surface area contributed by atoms with Crippen LogP contribution < -0.4 is 11.1 Å². The number of ether oxygens (including phenoxy) is 1. The summed E-state index contributed by atoms with van der Waals surface area (Å²) >= 11 is 0. The first-order chi connectivity index (χ1) is 12.2. The second-order valence-electron chi connectivity index (χ2n) is 5.87. The summed E-state index contributed by atoms with van der Waals surface area (Å²) in [6, 6.07) is 7.78. The second kappa shape index (κ2) is 7.64. The van der Waals surface area contributed by atoms with Gasteiger partial charge in [0, 0.05) is 11.8 Å². The van der Waals surface area contributed by atoms with Crippen LogP contribution in [0, 0.1) is 30.9 Å². The van der Waals surface area contributed by atoms with E-state index < -0.39 is 23.4 Å². The Morgan fingerprint density at radius 3 is 2.46 bits per heavy atom. The van der Waals surface area contributed by atoms with Crippen molar-refractivity contribution in [2.24, 2.45) is 0 Å². The Balaban J connectivity index is 2.08. The molecule has 0 heterocycles. The van der Waals surface area contributed by atoms with Gasteiger partial charge in [0.25, 0.3) is 11.6 Å². The molecule has 2 aromatic carbocycles. The summed E-state index contributed by atoms with van der Waals surface area (Å²) in [4.78, 5) is 34.6. The number of nitro benzene ring substituents is 1. The molecule has 8 heteroatoms. The van der Waals surface area contributed by atoms with Gasteiger partial charge in [0.05, 0.1) is 10.5 Å². The van der Waals surface area contributed by atoms with E-state index in [9.17, 15) is 19.7 Å². The van der Waals surface area contributed by atoms with E-state index in [1.165, 1.54) is 18.2 Å². The lowest BCUT2D eigenvalue weighted by Gasteiger charge is -2.10. The molecule has 136 valence electrons. The van der Waals surface area contributed by atoms with Crippen molar-refractivity contribution in [2.45, 2.75) is 20.8 Å². The molecule has 26 heavy (non-hydrogen) atoms. The number of benzene rings is 2. The number of nitro groups is 1. The van der Waals surface area contributed by atoms with Crippen molar-refractivity contribution in [3.63, 3.8) is 0 Å². The molecule has 0 spiro atoms. The maximum absolute atomic E-state index is 12.1. The third kappa shape index (κ3) is 4.15. The molecule has 0 bridgehead atoms. The minimum Gasteiger partial charge on any atom is -0.452 e. The Hall–Kier alpha value is -3.42. The molecule has 8 nitrogen and oxygen atoms in total. The van der Waals surface area contributed by atoms with Crippen LogP contribution in [0.2, 0.25) is 0 Å². The van der Waals surface area contributed by atoms with Gasteiger partial charge in [0.15, 0.2) is 6.61 Å². The highest BCUT2D eigenvalue weighted by atomic mass is 16.6. The quantitative estimate of drug-likeness (QED) is 0.367. The molecule has 0 aromatic heterocycles. The molecule has 2 aromatic rings. The van der Waals surface area contributed by atoms with Crippen LogP contribution in [0.15, 0.2) is 30.3 Å². The van der Waals surface area contributed by atoms with E-state index in [0.29, 0.717) is 0 Å². The summed E-state index contributed by atoms with van der Waals surface area (Å²) in [7, 11) is 0. The summed E-state index contributed by atoms with van der Waals surface area (Å²) in [5.74, 6) is -1.42. The van der Waals surface area contributed by atoms with E-state index in [0.717, 1.165) is 16.7 Å². The number of aryl methyl sites for hydroxylation is 3. The number of nitrogens with two attached hydrogens (primary N) is 1. The number of hydrogen-bond acceptors (Lipinski definition) is 6. The van der Waals surface area contributed by atoms with Gasteiger partial charge in [-0.1, -0.05) is 12.1 Å². The fourth-order valence-electron chi connectivity index (χ4n) is 2.31. The zero-order valence-corrected chi connectivity index (χ0v) is 14.7. The average Bonchev–Trinajstić information content (AvgIpc) is 2.58. The van der Waals surface area contributed by atoms with Crippen LogP contribution in [0.3, 0.4) is 0 Å². The van der Waals surface area contributed by atoms with E-state index in [2.05, 4.69) is 5.32 Å². The number of rotatable bonds is 5. The standard InChI is InChI=1S/C18H19N3O5/c1-10-5-4-6-13(17(10)19)18(23)26-9-16(22)20-14-7-11(2)12(3)8-15(14)21(24)25/h4-8H,9,19H2,1-3H3,(H,20,22). The number of carbonyl (C=O) groups is 2. The van der Waals surface area contributed by atoms with Crippen molar-refractivity contribution in [3.05, 3.63) is 62.7 Å². The van der Waals surface area contributed by atoms with E-state index in [-0.39, 0.29) is 22.6 Å². The molecule has 0 fully saturated rings. The Morgan fingerprint density at radius 1 is 1.15 bits per heavy atom. The molecule has 0 aliphatic rings. The van der Waals surface area contributed by atoms with Crippen molar-refractivity contribution in [1.29, 1.82) is 0 Å².